The van der Waals surface area contributed by atoms with E-state index in [2.05, 4.69) is 41.4 Å². The minimum absolute atomic E-state index is 0.0348. The summed E-state index contributed by atoms with van der Waals surface area (Å²) in [6, 6.07) is 12.6. The van der Waals surface area contributed by atoms with E-state index in [0.717, 1.165) is 48.7 Å². The number of aryl methyl sites for hydroxylation is 2. The Hall–Kier alpha value is -3.68. The number of fused-ring (bicyclic) bond motifs is 1. The Balaban J connectivity index is 1.53. The predicted molar refractivity (Wildman–Crippen MR) is 137 cm³/mol. The van der Waals surface area contributed by atoms with Crippen LogP contribution in [0.3, 0.4) is 0 Å². The number of anilines is 2. The Morgan fingerprint density at radius 3 is 2.91 bits per heavy atom. The van der Waals surface area contributed by atoms with E-state index >= 15 is 0 Å². The van der Waals surface area contributed by atoms with Crippen molar-refractivity contribution in [3.05, 3.63) is 53.1 Å². The van der Waals surface area contributed by atoms with Crippen molar-refractivity contribution in [2.24, 2.45) is 5.10 Å². The fourth-order valence-electron chi connectivity index (χ4n) is 4.32. The van der Waals surface area contributed by atoms with Gasteiger partial charge in [0.15, 0.2) is 5.58 Å². The summed E-state index contributed by atoms with van der Waals surface area (Å²) in [6.07, 6.45) is 5.36. The van der Waals surface area contributed by atoms with Crippen molar-refractivity contribution >= 4 is 41.1 Å². The summed E-state index contributed by atoms with van der Waals surface area (Å²) < 4.78 is 6.07. The Bertz CT molecular complexity index is 1200. The minimum Gasteiger partial charge on any atom is -0.423 e. The molecular weight excluding hydrogens is 428 g/mol. The molecule has 8 nitrogen and oxygen atoms in total. The first-order valence-electron chi connectivity index (χ1n) is 11.8. The second kappa shape index (κ2) is 10.5. The number of aromatic nitrogens is 1. The molecule has 178 valence electrons. The van der Waals surface area contributed by atoms with Gasteiger partial charge in [0.25, 0.3) is 11.9 Å². The third kappa shape index (κ3) is 5.11. The summed E-state index contributed by atoms with van der Waals surface area (Å²) in [6.45, 7) is 8.20. The first-order chi connectivity index (χ1) is 16.5. The van der Waals surface area contributed by atoms with Gasteiger partial charge in [-0.1, -0.05) is 31.0 Å². The van der Waals surface area contributed by atoms with E-state index in [4.69, 9.17) is 14.8 Å². The smallest absolute Gasteiger partial charge is 0.298 e. The van der Waals surface area contributed by atoms with Crippen LogP contribution in [0, 0.1) is 12.3 Å². The van der Waals surface area contributed by atoms with Gasteiger partial charge in [-0.3, -0.25) is 10.2 Å². The second-order valence-electron chi connectivity index (χ2n) is 8.78. The number of carbonyl (C=O) groups is 1. The maximum absolute atomic E-state index is 13.6. The van der Waals surface area contributed by atoms with E-state index in [9.17, 15) is 4.79 Å². The fourth-order valence-corrected chi connectivity index (χ4v) is 4.32. The molecule has 8 heteroatoms. The lowest BCUT2D eigenvalue weighted by molar-refractivity contribution is 0.0706. The molecule has 0 bridgehead atoms. The van der Waals surface area contributed by atoms with Gasteiger partial charge in [-0.2, -0.15) is 10.1 Å². The van der Waals surface area contributed by atoms with Gasteiger partial charge in [-0.15, -0.1) is 0 Å². The zero-order chi connectivity index (χ0) is 24.1. The van der Waals surface area contributed by atoms with Gasteiger partial charge < -0.3 is 19.6 Å². The molecule has 1 amide bonds. The van der Waals surface area contributed by atoms with E-state index in [1.807, 2.05) is 36.1 Å². The van der Waals surface area contributed by atoms with Crippen LogP contribution < -0.4 is 10.3 Å². The summed E-state index contributed by atoms with van der Waals surface area (Å²) in [5.74, 6) is -0.0348. The van der Waals surface area contributed by atoms with Gasteiger partial charge >= 0.3 is 0 Å². The molecule has 0 aliphatic carbocycles. The largest absolute Gasteiger partial charge is 0.423 e. The maximum atomic E-state index is 13.6. The van der Waals surface area contributed by atoms with E-state index in [1.54, 1.807) is 0 Å². The van der Waals surface area contributed by atoms with E-state index < -0.39 is 0 Å². The zero-order valence-electron chi connectivity index (χ0n) is 20.0. The van der Waals surface area contributed by atoms with Crippen LogP contribution in [0.25, 0.3) is 11.1 Å². The van der Waals surface area contributed by atoms with Crippen molar-refractivity contribution in [3.8, 4) is 0 Å². The molecule has 1 saturated heterocycles. The predicted octanol–water partition coefficient (Wildman–Crippen LogP) is 4.88. The number of amides is 1. The van der Waals surface area contributed by atoms with Crippen molar-refractivity contribution < 1.29 is 9.21 Å². The number of hydrogen-bond donors (Lipinski definition) is 2. The number of nitrogens with zero attached hydrogens (tertiary/aromatic N) is 4. The third-order valence-corrected chi connectivity index (χ3v) is 6.21. The van der Waals surface area contributed by atoms with Gasteiger partial charge in [0.1, 0.15) is 5.52 Å². The van der Waals surface area contributed by atoms with Crippen LogP contribution in [0.4, 0.5) is 11.7 Å². The lowest BCUT2D eigenvalue weighted by Gasteiger charge is -2.27. The first kappa shape index (κ1) is 23.5. The van der Waals surface area contributed by atoms with Gasteiger partial charge in [0.05, 0.1) is 17.5 Å². The molecule has 34 heavy (non-hydrogen) atoms. The van der Waals surface area contributed by atoms with Crippen LogP contribution in [-0.4, -0.2) is 53.9 Å². The molecule has 2 N–H and O–H groups in total. The molecule has 2 aromatic carbocycles. The fraction of sp³-hybridized carbons (Fsp3) is 0.385. The summed E-state index contributed by atoms with van der Waals surface area (Å²) in [7, 11) is 0. The number of nitrogens with one attached hydrogen (secondary N) is 2. The van der Waals surface area contributed by atoms with Crippen molar-refractivity contribution in [3.63, 3.8) is 0 Å². The lowest BCUT2D eigenvalue weighted by Crippen LogP contribution is -2.40. The summed E-state index contributed by atoms with van der Waals surface area (Å²) in [5, 5.41) is 11.1. The number of hydrazone groups is 1. The highest BCUT2D eigenvalue weighted by molar-refractivity contribution is 6.14. The van der Waals surface area contributed by atoms with Crippen LogP contribution in [0.1, 0.15) is 48.2 Å². The highest BCUT2D eigenvalue weighted by atomic mass is 16.4. The Kier molecular flexibility index (Phi) is 7.25. The SMILES string of the molecule is CCCc1ccc2oc(N3CC[C@@H](C)N(C(=O)c4cc(C)ccc4N/N=C\C=N)CC3)nc2c1. The van der Waals surface area contributed by atoms with Crippen LogP contribution in [-0.2, 0) is 6.42 Å². The van der Waals surface area contributed by atoms with Crippen LogP contribution >= 0.6 is 0 Å². The molecule has 1 aliphatic rings. The van der Waals surface area contributed by atoms with E-state index in [1.165, 1.54) is 11.8 Å². The van der Waals surface area contributed by atoms with E-state index in [-0.39, 0.29) is 11.9 Å². The topological polar surface area (TPSA) is 97.8 Å². The second-order valence-corrected chi connectivity index (χ2v) is 8.78. The van der Waals surface area contributed by atoms with Crippen molar-refractivity contribution in [2.45, 2.75) is 46.1 Å². The molecule has 4 rings (SSSR count). The summed E-state index contributed by atoms with van der Waals surface area (Å²) in [5.41, 5.74) is 8.04. The van der Waals surface area contributed by atoms with Gasteiger partial charge in [-0.25, -0.2) is 0 Å². The number of hydrogen-bond acceptors (Lipinski definition) is 7. The number of carbonyl (C=O) groups excluding carboxylic acids is 1. The third-order valence-electron chi connectivity index (χ3n) is 6.21. The number of oxazole rings is 1. The van der Waals surface area contributed by atoms with Crippen LogP contribution in [0.5, 0.6) is 0 Å². The molecule has 3 aromatic rings. The number of benzene rings is 2. The van der Waals surface area contributed by atoms with Gasteiger partial charge in [0, 0.05) is 31.9 Å². The normalized spacial score (nSPS) is 16.7. The molecule has 1 atom stereocenters. The highest BCUT2D eigenvalue weighted by Crippen LogP contribution is 2.27. The molecule has 1 aromatic heterocycles. The molecule has 1 aliphatic heterocycles. The average Bonchev–Trinajstić information content (AvgIpc) is 3.15. The Morgan fingerprint density at radius 2 is 2.12 bits per heavy atom. The lowest BCUT2D eigenvalue weighted by atomic mass is 10.1. The quantitative estimate of drug-likeness (QED) is 0.387. The van der Waals surface area contributed by atoms with Crippen LogP contribution in [0.15, 0.2) is 45.9 Å². The monoisotopic (exact) mass is 460 g/mol. The molecule has 1 fully saturated rings. The van der Waals surface area contributed by atoms with Crippen LogP contribution in [0.2, 0.25) is 0 Å². The van der Waals surface area contributed by atoms with Gasteiger partial charge in [0.2, 0.25) is 0 Å². The molecule has 0 saturated carbocycles. The molecule has 0 radical (unpaired) electrons. The minimum atomic E-state index is -0.0348. The summed E-state index contributed by atoms with van der Waals surface area (Å²) >= 11 is 0. The highest BCUT2D eigenvalue weighted by Gasteiger charge is 2.28. The van der Waals surface area contributed by atoms with Gasteiger partial charge in [-0.05, 0) is 56.5 Å². The summed E-state index contributed by atoms with van der Waals surface area (Å²) in [4.78, 5) is 22.4. The zero-order valence-corrected chi connectivity index (χ0v) is 20.0. The Labute approximate surface area is 200 Å². The van der Waals surface area contributed by atoms with Crippen molar-refractivity contribution in [1.82, 2.24) is 9.88 Å². The molecule has 0 spiro atoms. The first-order valence-corrected chi connectivity index (χ1v) is 11.8. The Morgan fingerprint density at radius 1 is 1.26 bits per heavy atom. The van der Waals surface area contributed by atoms with E-state index in [0.29, 0.717) is 30.4 Å². The maximum Gasteiger partial charge on any atom is 0.298 e. The average molecular weight is 461 g/mol. The van der Waals surface area contributed by atoms with Crippen molar-refractivity contribution in [1.29, 1.82) is 5.41 Å². The molecule has 0 unspecified atom stereocenters. The number of rotatable bonds is 7. The molecule has 2 heterocycles. The standard InChI is InChI=1S/C26H32N6O2/c1-4-5-20-7-9-24-23(17-20)29-26(34-24)31-13-10-19(3)32(15-14-31)25(33)21-16-18(2)6-8-22(21)30-28-12-11-27/h6-9,11-12,16-17,19,27,30H,4-5,10,13-15H2,1-3H3/b27-11?,28-12-/t19-/m1/s1. The van der Waals surface area contributed by atoms with Crippen molar-refractivity contribution in [2.75, 3.05) is 30.0 Å². The molecular formula is C26H32N6O2.